The molecule has 1 aromatic heterocycles. The van der Waals surface area contributed by atoms with E-state index in [1.54, 1.807) is 4.90 Å². The van der Waals surface area contributed by atoms with Crippen LogP contribution in [0.3, 0.4) is 0 Å². The summed E-state index contributed by atoms with van der Waals surface area (Å²) in [7, 11) is 0. The predicted molar refractivity (Wildman–Crippen MR) is 64.2 cm³/mol. The Morgan fingerprint density at radius 3 is 2.56 bits per heavy atom. The molecule has 0 radical (unpaired) electrons. The number of nitrogen functional groups attached to an aromatic ring is 2. The largest absolute Gasteiger partial charge is 0.396 e. The first-order valence-corrected chi connectivity index (χ1v) is 5.52. The first-order valence-electron chi connectivity index (χ1n) is 4.98. The third-order valence-corrected chi connectivity index (χ3v) is 3.10. The van der Waals surface area contributed by atoms with E-state index in [4.69, 9.17) is 23.1 Å². The van der Waals surface area contributed by atoms with Crippen molar-refractivity contribution in [3.63, 3.8) is 0 Å². The van der Waals surface area contributed by atoms with Crippen LogP contribution in [0.2, 0.25) is 0 Å². The minimum absolute atomic E-state index is 0.00949. The molecule has 0 saturated carbocycles. The fourth-order valence-corrected chi connectivity index (χ4v) is 2.11. The van der Waals surface area contributed by atoms with Crippen LogP contribution in [-0.4, -0.2) is 23.3 Å². The van der Waals surface area contributed by atoms with Gasteiger partial charge >= 0.3 is 0 Å². The maximum atomic E-state index is 11.8. The van der Waals surface area contributed by atoms with Crippen molar-refractivity contribution in [1.29, 1.82) is 0 Å². The van der Waals surface area contributed by atoms with Crippen LogP contribution in [0.4, 0.5) is 17.1 Å². The number of nitrogens with zero attached hydrogens (tertiary/aromatic N) is 2. The molecular formula is C10H13ClN4O. The number of halogens is 1. The lowest BCUT2D eigenvalue weighted by Crippen LogP contribution is -2.26. The molecule has 1 amide bonds. The van der Waals surface area contributed by atoms with Crippen molar-refractivity contribution in [1.82, 2.24) is 4.98 Å². The number of hydrogen-bond donors (Lipinski definition) is 2. The van der Waals surface area contributed by atoms with Gasteiger partial charge < -0.3 is 16.4 Å². The van der Waals surface area contributed by atoms with Crippen molar-refractivity contribution in [3.8, 4) is 0 Å². The standard InChI is InChI=1S/C10H13ClN4O/c11-2-6-1-9(16)15(5-6)10-7(12)3-14-4-8(10)13/h3-4,6H,1-2,5,12-13H2. The van der Waals surface area contributed by atoms with E-state index in [0.717, 1.165) is 0 Å². The summed E-state index contributed by atoms with van der Waals surface area (Å²) < 4.78 is 0. The average molecular weight is 241 g/mol. The Morgan fingerprint density at radius 2 is 2.06 bits per heavy atom. The molecule has 0 bridgehead atoms. The van der Waals surface area contributed by atoms with Gasteiger partial charge in [-0.3, -0.25) is 9.78 Å². The Morgan fingerprint density at radius 1 is 1.44 bits per heavy atom. The van der Waals surface area contributed by atoms with Crippen molar-refractivity contribution < 1.29 is 4.79 Å². The Hall–Kier alpha value is -1.49. The zero-order valence-corrected chi connectivity index (χ0v) is 9.44. The summed E-state index contributed by atoms with van der Waals surface area (Å²) in [6.07, 6.45) is 3.44. The highest BCUT2D eigenvalue weighted by Crippen LogP contribution is 2.33. The summed E-state index contributed by atoms with van der Waals surface area (Å²) in [4.78, 5) is 17.2. The zero-order chi connectivity index (χ0) is 11.7. The summed E-state index contributed by atoms with van der Waals surface area (Å²) in [5.41, 5.74) is 13.0. The van der Waals surface area contributed by atoms with Gasteiger partial charge in [-0.2, -0.15) is 0 Å². The minimum Gasteiger partial charge on any atom is -0.396 e. The molecule has 0 spiro atoms. The molecule has 0 aromatic carbocycles. The smallest absolute Gasteiger partial charge is 0.227 e. The number of rotatable bonds is 2. The van der Waals surface area contributed by atoms with E-state index in [9.17, 15) is 4.79 Å². The van der Waals surface area contributed by atoms with Crippen molar-refractivity contribution in [2.24, 2.45) is 5.92 Å². The lowest BCUT2D eigenvalue weighted by molar-refractivity contribution is -0.117. The van der Waals surface area contributed by atoms with E-state index in [0.29, 0.717) is 35.9 Å². The number of amides is 1. The molecule has 6 heteroatoms. The SMILES string of the molecule is Nc1cncc(N)c1N1CC(CCl)CC1=O. The average Bonchev–Trinajstić information content (AvgIpc) is 2.60. The number of anilines is 3. The number of aromatic nitrogens is 1. The maximum Gasteiger partial charge on any atom is 0.227 e. The molecule has 1 aliphatic heterocycles. The molecular weight excluding hydrogens is 228 g/mol. The third kappa shape index (κ3) is 1.78. The lowest BCUT2D eigenvalue weighted by Gasteiger charge is -2.19. The predicted octanol–water partition coefficient (Wildman–Crippen LogP) is 0.838. The monoisotopic (exact) mass is 240 g/mol. The highest BCUT2D eigenvalue weighted by Gasteiger charge is 2.32. The fraction of sp³-hybridized carbons (Fsp3) is 0.400. The molecule has 1 unspecified atom stereocenters. The molecule has 2 heterocycles. The van der Waals surface area contributed by atoms with Gasteiger partial charge in [-0.1, -0.05) is 0 Å². The zero-order valence-electron chi connectivity index (χ0n) is 8.69. The molecule has 86 valence electrons. The Kier molecular flexibility index (Phi) is 2.87. The molecule has 1 fully saturated rings. The van der Waals surface area contributed by atoms with Crippen molar-refractivity contribution in [2.75, 3.05) is 28.8 Å². The molecule has 4 N–H and O–H groups in total. The second-order valence-electron chi connectivity index (χ2n) is 3.90. The summed E-state index contributed by atoms with van der Waals surface area (Å²) in [5, 5.41) is 0. The van der Waals surface area contributed by atoms with Crippen LogP contribution >= 0.6 is 11.6 Å². The number of carbonyl (C=O) groups is 1. The van der Waals surface area contributed by atoms with E-state index in [2.05, 4.69) is 4.98 Å². The van der Waals surface area contributed by atoms with Crippen molar-refractivity contribution >= 4 is 34.6 Å². The van der Waals surface area contributed by atoms with Crippen LogP contribution in [0.15, 0.2) is 12.4 Å². The molecule has 2 rings (SSSR count). The second-order valence-corrected chi connectivity index (χ2v) is 4.20. The van der Waals surface area contributed by atoms with Gasteiger partial charge in [0, 0.05) is 18.8 Å². The quantitative estimate of drug-likeness (QED) is 0.750. The summed E-state index contributed by atoms with van der Waals surface area (Å²) in [5.74, 6) is 0.643. The van der Waals surface area contributed by atoms with Gasteiger partial charge in [0.15, 0.2) is 0 Å². The molecule has 1 aromatic rings. The Labute approximate surface area is 98.4 Å². The van der Waals surface area contributed by atoms with E-state index >= 15 is 0 Å². The van der Waals surface area contributed by atoms with Gasteiger partial charge in [-0.05, 0) is 5.92 Å². The Bertz CT molecular complexity index is 403. The van der Waals surface area contributed by atoms with Crippen LogP contribution in [0.5, 0.6) is 0 Å². The number of hydrogen-bond acceptors (Lipinski definition) is 4. The molecule has 1 atom stereocenters. The van der Waals surface area contributed by atoms with Gasteiger partial charge in [0.25, 0.3) is 0 Å². The van der Waals surface area contributed by atoms with Gasteiger partial charge in [0.2, 0.25) is 5.91 Å². The van der Waals surface area contributed by atoms with E-state index in [1.165, 1.54) is 12.4 Å². The molecule has 1 aliphatic rings. The van der Waals surface area contributed by atoms with Crippen LogP contribution in [0.1, 0.15) is 6.42 Å². The highest BCUT2D eigenvalue weighted by molar-refractivity contribution is 6.18. The number of alkyl halides is 1. The van der Waals surface area contributed by atoms with Gasteiger partial charge in [0.05, 0.1) is 29.5 Å². The summed E-state index contributed by atoms with van der Waals surface area (Å²) in [6, 6.07) is 0. The van der Waals surface area contributed by atoms with Gasteiger partial charge in [-0.25, -0.2) is 0 Å². The first-order chi connectivity index (χ1) is 7.63. The van der Waals surface area contributed by atoms with Gasteiger partial charge in [-0.15, -0.1) is 11.6 Å². The second kappa shape index (κ2) is 4.17. The highest BCUT2D eigenvalue weighted by atomic mass is 35.5. The van der Waals surface area contributed by atoms with Crippen LogP contribution in [0.25, 0.3) is 0 Å². The van der Waals surface area contributed by atoms with Crippen molar-refractivity contribution in [2.45, 2.75) is 6.42 Å². The van der Waals surface area contributed by atoms with E-state index in [-0.39, 0.29) is 11.8 Å². The van der Waals surface area contributed by atoms with E-state index < -0.39 is 0 Å². The fourth-order valence-electron chi connectivity index (χ4n) is 1.90. The lowest BCUT2D eigenvalue weighted by atomic mass is 10.1. The van der Waals surface area contributed by atoms with Gasteiger partial charge in [0.1, 0.15) is 0 Å². The summed E-state index contributed by atoms with van der Waals surface area (Å²) >= 11 is 5.75. The summed E-state index contributed by atoms with van der Waals surface area (Å²) in [6.45, 7) is 0.570. The normalized spacial score (nSPS) is 20.4. The maximum absolute atomic E-state index is 11.8. The van der Waals surface area contributed by atoms with Crippen LogP contribution in [0, 0.1) is 5.92 Å². The number of nitrogens with two attached hydrogens (primary N) is 2. The van der Waals surface area contributed by atoms with Crippen molar-refractivity contribution in [3.05, 3.63) is 12.4 Å². The molecule has 16 heavy (non-hydrogen) atoms. The first kappa shape index (κ1) is 11.0. The number of carbonyl (C=O) groups excluding carboxylic acids is 1. The number of pyridine rings is 1. The molecule has 5 nitrogen and oxygen atoms in total. The van der Waals surface area contributed by atoms with E-state index in [1.807, 2.05) is 0 Å². The topological polar surface area (TPSA) is 85.2 Å². The third-order valence-electron chi connectivity index (χ3n) is 2.67. The van der Waals surface area contributed by atoms with Crippen LogP contribution in [-0.2, 0) is 4.79 Å². The minimum atomic E-state index is 0.00949. The van der Waals surface area contributed by atoms with Crippen LogP contribution < -0.4 is 16.4 Å². The molecule has 0 aliphatic carbocycles. The Balaban J connectivity index is 2.35. The molecule has 1 saturated heterocycles.